The lowest BCUT2D eigenvalue weighted by atomic mass is 10.2. The first-order valence-corrected chi connectivity index (χ1v) is 8.58. The van der Waals surface area contributed by atoms with E-state index in [1.54, 1.807) is 26.3 Å². The number of thioether (sulfide) groups is 1. The van der Waals surface area contributed by atoms with Gasteiger partial charge in [0.2, 0.25) is 5.16 Å². The lowest BCUT2D eigenvalue weighted by Gasteiger charge is -2.13. The Morgan fingerprint density at radius 2 is 2.04 bits per heavy atom. The number of aromatic nitrogens is 3. The van der Waals surface area contributed by atoms with Gasteiger partial charge < -0.3 is 9.47 Å². The Labute approximate surface area is 144 Å². The smallest absolute Gasteiger partial charge is 0.296 e. The van der Waals surface area contributed by atoms with Gasteiger partial charge in [-0.25, -0.2) is 0 Å². The molecule has 2 aromatic rings. The van der Waals surface area contributed by atoms with Crippen LogP contribution in [0.4, 0.5) is 0 Å². The molecule has 0 radical (unpaired) electrons. The van der Waals surface area contributed by atoms with E-state index in [-0.39, 0.29) is 11.7 Å². The Morgan fingerprint density at radius 3 is 2.67 bits per heavy atom. The van der Waals surface area contributed by atoms with Gasteiger partial charge in [-0.2, -0.15) is 9.78 Å². The Morgan fingerprint density at radius 1 is 1.29 bits per heavy atom. The molecule has 0 aliphatic carbocycles. The van der Waals surface area contributed by atoms with Crippen LogP contribution in [0, 0.1) is 6.92 Å². The molecule has 0 atom stereocenters. The summed E-state index contributed by atoms with van der Waals surface area (Å²) in [5.74, 6) is 1.27. The minimum atomic E-state index is -0.294. The molecule has 7 nitrogen and oxygen atoms in total. The molecule has 1 aromatic heterocycles. The van der Waals surface area contributed by atoms with E-state index in [2.05, 4.69) is 15.3 Å². The van der Waals surface area contributed by atoms with Crippen LogP contribution in [0.25, 0.3) is 0 Å². The highest BCUT2D eigenvalue weighted by molar-refractivity contribution is 7.98. The topological polar surface area (TPSA) is 78.6 Å². The van der Waals surface area contributed by atoms with Crippen molar-refractivity contribution in [1.29, 1.82) is 0 Å². The van der Waals surface area contributed by atoms with E-state index in [1.165, 1.54) is 16.4 Å². The molecule has 0 saturated heterocycles. The van der Waals surface area contributed by atoms with E-state index < -0.39 is 0 Å². The Bertz CT molecular complexity index is 802. The maximum absolute atomic E-state index is 12.2. The third-order valence-corrected chi connectivity index (χ3v) is 3.64. The molecule has 0 fully saturated rings. The molecule has 0 N–H and O–H groups in total. The highest BCUT2D eigenvalue weighted by atomic mass is 32.2. The summed E-state index contributed by atoms with van der Waals surface area (Å²) in [5.41, 5.74) is 0.775. The molecule has 0 unspecified atom stereocenters. The van der Waals surface area contributed by atoms with Gasteiger partial charge >= 0.3 is 0 Å². The standard InChI is InChI=1S/C16H20N4O3S/c1-10(2)23-13-7-6-12(8-14(13)22-4)9-17-20-15(21)11(3)18-19-16(20)24-5/h6-10H,1-5H3/b17-9-. The van der Waals surface area contributed by atoms with Crippen LogP contribution in [0.3, 0.4) is 0 Å². The molecule has 0 aliphatic rings. The first-order chi connectivity index (χ1) is 11.5. The predicted molar refractivity (Wildman–Crippen MR) is 94.6 cm³/mol. The SMILES string of the molecule is COc1cc(/C=N\n2c(SC)nnc(C)c2=O)ccc1OC(C)C. The van der Waals surface area contributed by atoms with Gasteiger partial charge in [-0.3, -0.25) is 4.79 Å². The number of hydrogen-bond acceptors (Lipinski definition) is 7. The Hall–Kier alpha value is -2.35. The maximum atomic E-state index is 12.2. The molecule has 0 saturated carbocycles. The summed E-state index contributed by atoms with van der Waals surface area (Å²) in [7, 11) is 1.58. The van der Waals surface area contributed by atoms with Crippen LogP contribution in [-0.2, 0) is 0 Å². The van der Waals surface area contributed by atoms with E-state index >= 15 is 0 Å². The van der Waals surface area contributed by atoms with E-state index in [1.807, 2.05) is 32.2 Å². The molecule has 2 rings (SSSR count). The van der Waals surface area contributed by atoms with Crippen LogP contribution in [0.5, 0.6) is 11.5 Å². The molecule has 128 valence electrons. The summed E-state index contributed by atoms with van der Waals surface area (Å²) in [6.07, 6.45) is 3.43. The molecule has 0 bridgehead atoms. The van der Waals surface area contributed by atoms with Gasteiger partial charge in [-0.05, 0) is 50.8 Å². The fourth-order valence-corrected chi connectivity index (χ4v) is 2.34. The van der Waals surface area contributed by atoms with Crippen LogP contribution in [0.1, 0.15) is 25.1 Å². The number of methoxy groups -OCH3 is 1. The zero-order chi connectivity index (χ0) is 17.7. The highest BCUT2D eigenvalue weighted by Crippen LogP contribution is 2.28. The predicted octanol–water partition coefficient (Wildman–Crippen LogP) is 2.35. The number of ether oxygens (including phenoxy) is 2. The van der Waals surface area contributed by atoms with Crippen molar-refractivity contribution < 1.29 is 9.47 Å². The van der Waals surface area contributed by atoms with Crippen molar-refractivity contribution in [2.45, 2.75) is 32.0 Å². The first-order valence-electron chi connectivity index (χ1n) is 7.35. The molecule has 1 aromatic carbocycles. The van der Waals surface area contributed by atoms with Crippen molar-refractivity contribution in [2.24, 2.45) is 5.10 Å². The van der Waals surface area contributed by atoms with Gasteiger partial charge in [0.15, 0.2) is 11.5 Å². The zero-order valence-electron chi connectivity index (χ0n) is 14.3. The van der Waals surface area contributed by atoms with Gasteiger partial charge in [-0.1, -0.05) is 11.8 Å². The quantitative estimate of drug-likeness (QED) is 0.589. The van der Waals surface area contributed by atoms with Crippen molar-refractivity contribution in [3.63, 3.8) is 0 Å². The fourth-order valence-electron chi connectivity index (χ4n) is 1.91. The summed E-state index contributed by atoms with van der Waals surface area (Å²) < 4.78 is 12.3. The van der Waals surface area contributed by atoms with Crippen LogP contribution in [-0.4, -0.2) is 40.6 Å². The summed E-state index contributed by atoms with van der Waals surface area (Å²) >= 11 is 1.30. The molecule has 0 aliphatic heterocycles. The Balaban J connectivity index is 2.36. The summed E-state index contributed by atoms with van der Waals surface area (Å²) in [5, 5.41) is 12.4. The lowest BCUT2D eigenvalue weighted by molar-refractivity contribution is 0.230. The largest absolute Gasteiger partial charge is 0.493 e. The number of nitrogens with zero attached hydrogens (tertiary/aromatic N) is 4. The van der Waals surface area contributed by atoms with Crippen LogP contribution in [0.2, 0.25) is 0 Å². The molecule has 8 heteroatoms. The van der Waals surface area contributed by atoms with Gasteiger partial charge in [0, 0.05) is 0 Å². The molecule has 0 spiro atoms. The average Bonchev–Trinajstić information content (AvgIpc) is 2.56. The number of aryl methyl sites for hydroxylation is 1. The van der Waals surface area contributed by atoms with Crippen molar-refractivity contribution in [3.05, 3.63) is 39.8 Å². The molecule has 1 heterocycles. The van der Waals surface area contributed by atoms with Crippen molar-refractivity contribution in [3.8, 4) is 11.5 Å². The second kappa shape index (κ2) is 7.96. The van der Waals surface area contributed by atoms with Crippen LogP contribution >= 0.6 is 11.8 Å². The third kappa shape index (κ3) is 4.14. The van der Waals surface area contributed by atoms with Gasteiger partial charge in [0.05, 0.1) is 19.4 Å². The van der Waals surface area contributed by atoms with Gasteiger partial charge in [0.1, 0.15) is 5.69 Å². The maximum Gasteiger partial charge on any atom is 0.296 e. The fraction of sp³-hybridized carbons (Fsp3) is 0.375. The average molecular weight is 348 g/mol. The first kappa shape index (κ1) is 18.0. The van der Waals surface area contributed by atoms with Crippen LogP contribution < -0.4 is 15.0 Å². The van der Waals surface area contributed by atoms with E-state index in [4.69, 9.17) is 9.47 Å². The van der Waals surface area contributed by atoms with E-state index in [0.717, 1.165) is 5.56 Å². The number of rotatable bonds is 6. The zero-order valence-corrected chi connectivity index (χ0v) is 15.1. The Kier molecular flexibility index (Phi) is 5.97. The third-order valence-electron chi connectivity index (χ3n) is 3.02. The lowest BCUT2D eigenvalue weighted by Crippen LogP contribution is -2.23. The number of benzene rings is 1. The van der Waals surface area contributed by atoms with Crippen LogP contribution in [0.15, 0.2) is 33.3 Å². The second-order valence-electron chi connectivity index (χ2n) is 5.21. The van der Waals surface area contributed by atoms with E-state index in [9.17, 15) is 4.79 Å². The summed E-state index contributed by atoms with van der Waals surface area (Å²) in [4.78, 5) is 12.2. The molecule has 24 heavy (non-hydrogen) atoms. The highest BCUT2D eigenvalue weighted by Gasteiger charge is 2.09. The van der Waals surface area contributed by atoms with Crippen molar-refractivity contribution in [1.82, 2.24) is 14.9 Å². The number of hydrogen-bond donors (Lipinski definition) is 0. The van der Waals surface area contributed by atoms with E-state index in [0.29, 0.717) is 22.3 Å². The summed E-state index contributed by atoms with van der Waals surface area (Å²) in [6, 6.07) is 5.45. The van der Waals surface area contributed by atoms with Crippen molar-refractivity contribution in [2.75, 3.05) is 13.4 Å². The van der Waals surface area contributed by atoms with Gasteiger partial charge in [0.25, 0.3) is 5.56 Å². The van der Waals surface area contributed by atoms with Gasteiger partial charge in [-0.15, -0.1) is 10.2 Å². The normalized spacial score (nSPS) is 11.2. The molecular weight excluding hydrogens is 328 g/mol. The summed E-state index contributed by atoms with van der Waals surface area (Å²) in [6.45, 7) is 5.50. The van der Waals surface area contributed by atoms with Crippen molar-refractivity contribution >= 4 is 18.0 Å². The molecule has 0 amide bonds. The molecular formula is C16H20N4O3S. The second-order valence-corrected chi connectivity index (χ2v) is 5.98. The minimum Gasteiger partial charge on any atom is -0.493 e. The minimum absolute atomic E-state index is 0.0481. The monoisotopic (exact) mass is 348 g/mol.